The Morgan fingerprint density at radius 3 is 2.25 bits per heavy atom. The van der Waals surface area contributed by atoms with Crippen LogP contribution in [0, 0.1) is 17.8 Å². The van der Waals surface area contributed by atoms with Crippen molar-refractivity contribution in [3.05, 3.63) is 5.89 Å². The van der Waals surface area contributed by atoms with Crippen LogP contribution < -0.4 is 10.6 Å². The molecule has 0 spiro atoms. The van der Waals surface area contributed by atoms with Gasteiger partial charge in [-0.15, -0.1) is 17.5 Å². The summed E-state index contributed by atoms with van der Waals surface area (Å²) < 4.78 is 5.67. The maximum atomic E-state index is 5.67. The zero-order valence-corrected chi connectivity index (χ0v) is 12.7. The number of hydrogen-bond donors (Lipinski definition) is 2. The summed E-state index contributed by atoms with van der Waals surface area (Å²) in [4.78, 5) is 0. The Kier molecular flexibility index (Phi) is 3.67. The van der Waals surface area contributed by atoms with Crippen molar-refractivity contribution in [1.29, 1.82) is 0 Å². The van der Waals surface area contributed by atoms with E-state index >= 15 is 0 Å². The number of rotatable bonds is 4. The molecule has 0 unspecified atom stereocenters. The lowest BCUT2D eigenvalue weighted by molar-refractivity contribution is 0.00958. The van der Waals surface area contributed by atoms with E-state index in [2.05, 4.69) is 20.8 Å². The van der Waals surface area contributed by atoms with Gasteiger partial charge in [-0.25, -0.2) is 0 Å². The second kappa shape index (κ2) is 5.19. The Bertz CT molecular complexity index is 440. The molecule has 1 aromatic heterocycles. The van der Waals surface area contributed by atoms with Crippen molar-refractivity contribution in [2.24, 2.45) is 17.8 Å². The molecule has 1 aromatic rings. The van der Waals surface area contributed by atoms with Crippen molar-refractivity contribution in [2.45, 2.75) is 50.6 Å². The second-order valence-corrected chi connectivity index (χ2v) is 6.85. The van der Waals surface area contributed by atoms with Crippen LogP contribution in [0.4, 0.5) is 6.01 Å². The van der Waals surface area contributed by atoms with E-state index in [4.69, 9.17) is 4.42 Å². The van der Waals surface area contributed by atoms with Gasteiger partial charge in [0, 0.05) is 5.54 Å². The molecular weight excluding hydrogens is 276 g/mol. The molecule has 4 aliphatic rings. The molecule has 0 aromatic carbocycles. The summed E-state index contributed by atoms with van der Waals surface area (Å²) in [6, 6.07) is 0.618. The van der Waals surface area contributed by atoms with Gasteiger partial charge in [0.15, 0.2) is 0 Å². The van der Waals surface area contributed by atoms with E-state index in [9.17, 15) is 0 Å². The lowest BCUT2D eigenvalue weighted by atomic mass is 9.53. The average molecular weight is 299 g/mol. The van der Waals surface area contributed by atoms with Crippen LogP contribution in [-0.4, -0.2) is 22.8 Å². The molecule has 112 valence electrons. The van der Waals surface area contributed by atoms with Crippen LogP contribution in [0.5, 0.6) is 0 Å². The summed E-state index contributed by atoms with van der Waals surface area (Å²) in [5.74, 6) is 3.45. The van der Waals surface area contributed by atoms with Gasteiger partial charge in [0.05, 0.1) is 6.54 Å². The highest BCUT2D eigenvalue weighted by Gasteiger charge is 2.51. The fraction of sp³-hybridized carbons (Fsp3) is 0.857. The summed E-state index contributed by atoms with van der Waals surface area (Å²) in [6.45, 7) is 0.634. The number of nitrogens with zero attached hydrogens (tertiary/aromatic N) is 2. The Balaban J connectivity index is 0.00000121. The van der Waals surface area contributed by atoms with Crippen LogP contribution in [0.15, 0.2) is 4.42 Å². The van der Waals surface area contributed by atoms with Gasteiger partial charge in [-0.3, -0.25) is 0 Å². The van der Waals surface area contributed by atoms with Crippen LogP contribution in [0.2, 0.25) is 0 Å². The predicted octanol–water partition coefficient (Wildman–Crippen LogP) is 2.59. The summed E-state index contributed by atoms with van der Waals surface area (Å²) in [5, 5.41) is 14.8. The largest absolute Gasteiger partial charge is 0.407 e. The van der Waals surface area contributed by atoms with Gasteiger partial charge in [0.1, 0.15) is 0 Å². The first-order valence-electron chi connectivity index (χ1n) is 7.50. The van der Waals surface area contributed by atoms with Crippen molar-refractivity contribution in [1.82, 2.24) is 15.5 Å². The quantitative estimate of drug-likeness (QED) is 0.894. The van der Waals surface area contributed by atoms with E-state index in [0.717, 1.165) is 17.8 Å². The highest BCUT2D eigenvalue weighted by molar-refractivity contribution is 5.85. The van der Waals surface area contributed by atoms with E-state index in [0.29, 0.717) is 18.5 Å². The Labute approximate surface area is 125 Å². The third kappa shape index (κ3) is 2.42. The van der Waals surface area contributed by atoms with Crippen LogP contribution in [0.1, 0.15) is 44.4 Å². The minimum Gasteiger partial charge on any atom is -0.407 e. The molecule has 0 saturated heterocycles. The standard InChI is InChI=1S/C14H22N4O.ClH/c1-15-8-12-17-18-13(19-12)16-14-5-9-2-10(6-14)4-11(3-9)7-14;/h9-11,15H,2-8H2,1H3,(H,16,18);1H. The van der Waals surface area contributed by atoms with Crippen molar-refractivity contribution < 1.29 is 4.42 Å². The van der Waals surface area contributed by atoms with E-state index in [-0.39, 0.29) is 17.9 Å². The highest BCUT2D eigenvalue weighted by Crippen LogP contribution is 2.56. The monoisotopic (exact) mass is 298 g/mol. The maximum Gasteiger partial charge on any atom is 0.315 e. The first-order valence-corrected chi connectivity index (χ1v) is 7.50. The molecule has 1 heterocycles. The maximum absolute atomic E-state index is 5.67. The molecule has 5 rings (SSSR count). The fourth-order valence-electron chi connectivity index (χ4n) is 5.02. The number of halogens is 1. The van der Waals surface area contributed by atoms with Gasteiger partial charge in [-0.1, -0.05) is 5.10 Å². The zero-order valence-electron chi connectivity index (χ0n) is 11.9. The predicted molar refractivity (Wildman–Crippen MR) is 78.8 cm³/mol. The Morgan fingerprint density at radius 2 is 1.70 bits per heavy atom. The highest BCUT2D eigenvalue weighted by atomic mass is 35.5. The molecule has 2 N–H and O–H groups in total. The minimum absolute atomic E-state index is 0. The molecule has 4 fully saturated rings. The third-order valence-corrected chi connectivity index (χ3v) is 5.21. The van der Waals surface area contributed by atoms with Gasteiger partial charge in [0.25, 0.3) is 0 Å². The molecule has 4 saturated carbocycles. The van der Waals surface area contributed by atoms with Crippen molar-refractivity contribution in [3.63, 3.8) is 0 Å². The van der Waals surface area contributed by atoms with Gasteiger partial charge >= 0.3 is 6.01 Å². The van der Waals surface area contributed by atoms with Gasteiger partial charge in [0.2, 0.25) is 5.89 Å². The van der Waals surface area contributed by atoms with Gasteiger partial charge in [-0.05, 0) is 63.3 Å². The molecule has 0 amide bonds. The normalized spacial score (nSPS) is 37.8. The Morgan fingerprint density at radius 1 is 1.10 bits per heavy atom. The molecule has 0 radical (unpaired) electrons. The molecule has 6 heteroatoms. The molecule has 0 atom stereocenters. The van der Waals surface area contributed by atoms with Crippen molar-refractivity contribution in [2.75, 3.05) is 12.4 Å². The Hall–Kier alpha value is -0.810. The lowest BCUT2D eigenvalue weighted by Crippen LogP contribution is -2.54. The smallest absolute Gasteiger partial charge is 0.315 e. The topological polar surface area (TPSA) is 63.0 Å². The molecule has 0 aliphatic heterocycles. The van der Waals surface area contributed by atoms with E-state index in [1.165, 1.54) is 38.5 Å². The van der Waals surface area contributed by atoms with E-state index in [1.807, 2.05) is 7.05 Å². The molecule has 4 aliphatic carbocycles. The first-order chi connectivity index (χ1) is 9.25. The van der Waals surface area contributed by atoms with Crippen LogP contribution in [0.25, 0.3) is 0 Å². The van der Waals surface area contributed by atoms with E-state index in [1.54, 1.807) is 0 Å². The van der Waals surface area contributed by atoms with Crippen molar-refractivity contribution in [3.8, 4) is 0 Å². The van der Waals surface area contributed by atoms with Crippen LogP contribution >= 0.6 is 12.4 Å². The molecule has 20 heavy (non-hydrogen) atoms. The SMILES string of the molecule is CNCc1nnc(NC23CC4CC(CC(C4)C2)C3)o1.Cl. The number of aromatic nitrogens is 2. The van der Waals surface area contributed by atoms with Gasteiger partial charge < -0.3 is 15.1 Å². The zero-order chi connectivity index (χ0) is 12.9. The molecular formula is C14H23ClN4O. The number of nitrogens with one attached hydrogen (secondary N) is 2. The lowest BCUT2D eigenvalue weighted by Gasteiger charge is -2.56. The average Bonchev–Trinajstić information content (AvgIpc) is 2.74. The van der Waals surface area contributed by atoms with Crippen LogP contribution in [0.3, 0.4) is 0 Å². The number of anilines is 1. The summed E-state index contributed by atoms with van der Waals surface area (Å²) in [7, 11) is 1.89. The molecule has 5 nitrogen and oxygen atoms in total. The number of hydrogen-bond acceptors (Lipinski definition) is 5. The fourth-order valence-corrected chi connectivity index (χ4v) is 5.02. The summed E-state index contributed by atoms with van der Waals surface area (Å²) in [5.41, 5.74) is 0.248. The second-order valence-electron chi connectivity index (χ2n) is 6.85. The third-order valence-electron chi connectivity index (χ3n) is 5.21. The van der Waals surface area contributed by atoms with Gasteiger partial charge in [-0.2, -0.15) is 0 Å². The molecule has 4 bridgehead atoms. The summed E-state index contributed by atoms with van der Waals surface area (Å²) >= 11 is 0. The van der Waals surface area contributed by atoms with Crippen LogP contribution in [-0.2, 0) is 6.54 Å². The minimum atomic E-state index is 0. The summed E-state index contributed by atoms with van der Waals surface area (Å²) in [6.07, 6.45) is 8.25. The van der Waals surface area contributed by atoms with Crippen molar-refractivity contribution >= 4 is 18.4 Å². The van der Waals surface area contributed by atoms with E-state index < -0.39 is 0 Å². The first kappa shape index (κ1) is 14.1.